The van der Waals surface area contributed by atoms with Gasteiger partial charge in [-0.15, -0.1) is 32.9 Å². The second-order valence-electron chi connectivity index (χ2n) is 9.54. The zero-order chi connectivity index (χ0) is 27.0. The molecule has 0 aromatic carbocycles. The van der Waals surface area contributed by atoms with E-state index in [1.807, 2.05) is 0 Å². The second-order valence-corrected chi connectivity index (χ2v) is 33.0. The van der Waals surface area contributed by atoms with Crippen molar-refractivity contribution in [2.75, 3.05) is 19.8 Å². The molecule has 8 bridgehead atoms. The minimum Gasteiger partial charge on any atom is -0.369 e. The van der Waals surface area contributed by atoms with Crippen LogP contribution in [-0.2, 0) is 63.6 Å². The summed E-state index contributed by atoms with van der Waals surface area (Å²) in [5.74, 6) is 0. The molecular formula is C16H24O15Si8. The van der Waals surface area contributed by atoms with Gasteiger partial charge in [0.25, 0.3) is 0 Å². The third-order valence-corrected chi connectivity index (χ3v) is 40.0. The zero-order valence-electron chi connectivity index (χ0n) is 20.4. The summed E-state index contributed by atoms with van der Waals surface area (Å²) in [5, 5.41) is 0. The van der Waals surface area contributed by atoms with Crippen molar-refractivity contribution in [3.05, 3.63) is 61.4 Å². The molecule has 210 valence electrons. The van der Waals surface area contributed by atoms with Crippen LogP contribution in [0.5, 0.6) is 0 Å². The lowest BCUT2D eigenvalue weighted by atomic mass is 11.0. The van der Waals surface area contributed by atoms with E-state index >= 15 is 0 Å². The fourth-order valence-electron chi connectivity index (χ4n) is 4.85. The van der Waals surface area contributed by atoms with Crippen LogP contribution in [0.25, 0.3) is 0 Å². The first-order chi connectivity index (χ1) is 18.6. The average molecular weight is 681 g/mol. The fourth-order valence-corrected chi connectivity index (χ4v) is 48.1. The van der Waals surface area contributed by atoms with Gasteiger partial charge in [-0.2, -0.15) is 0 Å². The van der Waals surface area contributed by atoms with E-state index in [1.165, 1.54) is 28.5 Å². The Labute approximate surface area is 231 Å². The smallest absolute Gasteiger partial charge is 0.369 e. The van der Waals surface area contributed by atoms with Crippen molar-refractivity contribution < 1.29 is 63.6 Å². The molecule has 23 heteroatoms. The van der Waals surface area contributed by atoms with Crippen LogP contribution in [-0.4, -0.2) is 107 Å². The Balaban J connectivity index is 1.46. The summed E-state index contributed by atoms with van der Waals surface area (Å²) in [5.41, 5.74) is 5.18. The van der Waals surface area contributed by atoms with Crippen LogP contribution >= 0.6 is 0 Å². The number of hydrogen-bond donors (Lipinski definition) is 0. The van der Waals surface area contributed by atoms with Crippen LogP contribution < -0.4 is 0 Å². The molecule has 9 saturated heterocycles. The third kappa shape index (κ3) is 3.75. The number of epoxide rings is 3. The maximum atomic E-state index is 6.83. The highest BCUT2D eigenvalue weighted by Crippen LogP contribution is 2.53. The highest BCUT2D eigenvalue weighted by Gasteiger charge is 2.87. The second kappa shape index (κ2) is 8.05. The number of rotatable bonds is 8. The van der Waals surface area contributed by atoms with Gasteiger partial charge in [0.15, 0.2) is 0 Å². The van der Waals surface area contributed by atoms with Crippen LogP contribution in [0.2, 0.25) is 0 Å². The van der Waals surface area contributed by atoms with Crippen molar-refractivity contribution in [2.24, 2.45) is 0 Å². The highest BCUT2D eigenvalue weighted by atomic mass is 28.6. The van der Waals surface area contributed by atoms with Crippen LogP contribution in [0, 0.1) is 0 Å². The fraction of sp³-hybridized carbons (Fsp3) is 0.375. The summed E-state index contributed by atoms with van der Waals surface area (Å²) in [6.45, 7) is 20.7. The van der Waals surface area contributed by atoms with Gasteiger partial charge in [-0.1, -0.05) is 0 Å². The standard InChI is InChI=1S/C16H24O15Si8/c1-6-32-20-33(7-2)23-37(14-11-17-14)25-34(8-3,21-32)27-39(16-13-19-16)28-35(9-4,22-32)26-38(24-33,15-12-18-15)30-36(10-5,29-37)31-39/h6-10,14-16H,1-5,11-13H2. The van der Waals surface area contributed by atoms with E-state index in [0.717, 1.165) is 0 Å². The molecule has 0 radical (unpaired) electrons. The molecule has 15 nitrogen and oxygen atoms in total. The van der Waals surface area contributed by atoms with Gasteiger partial charge in [0.2, 0.25) is 0 Å². The van der Waals surface area contributed by atoms with Crippen LogP contribution in [0.4, 0.5) is 0 Å². The van der Waals surface area contributed by atoms with Gasteiger partial charge in [0.1, 0.15) is 17.2 Å². The van der Waals surface area contributed by atoms with Crippen molar-refractivity contribution in [1.82, 2.24) is 0 Å². The molecule has 0 spiro atoms. The topological polar surface area (TPSA) is 148 Å². The molecule has 0 aliphatic carbocycles. The molecule has 0 saturated carbocycles. The minimum atomic E-state index is -4.13. The van der Waals surface area contributed by atoms with Gasteiger partial charge in [-0.05, 0) is 28.5 Å². The largest absolute Gasteiger partial charge is 0.512 e. The average Bonchev–Trinajstić information content (AvgIpc) is 3.69. The lowest BCUT2D eigenvalue weighted by Crippen LogP contribution is -2.89. The summed E-state index contributed by atoms with van der Waals surface area (Å²) in [7, 11) is -32.9. The lowest BCUT2D eigenvalue weighted by Gasteiger charge is -2.60. The Kier molecular flexibility index (Phi) is 5.46. The first-order valence-electron chi connectivity index (χ1n) is 12.0. The van der Waals surface area contributed by atoms with Gasteiger partial charge >= 0.3 is 70.4 Å². The Morgan fingerprint density at radius 2 is 0.538 bits per heavy atom. The van der Waals surface area contributed by atoms with Gasteiger partial charge in [0, 0.05) is 0 Å². The molecule has 3 atom stereocenters. The van der Waals surface area contributed by atoms with E-state index < -0.39 is 87.6 Å². The third-order valence-electron chi connectivity index (χ3n) is 6.85. The predicted molar refractivity (Wildman–Crippen MR) is 139 cm³/mol. The molecule has 39 heavy (non-hydrogen) atoms. The zero-order valence-corrected chi connectivity index (χ0v) is 28.4. The van der Waals surface area contributed by atoms with Crippen molar-refractivity contribution in [1.29, 1.82) is 0 Å². The number of ether oxygens (including phenoxy) is 3. The lowest BCUT2D eigenvalue weighted by molar-refractivity contribution is -0.0224. The molecule has 9 aliphatic rings. The Hall–Kier alpha value is -0.165. The monoisotopic (exact) mass is 680 g/mol. The molecule has 3 unspecified atom stereocenters. The van der Waals surface area contributed by atoms with E-state index in [4.69, 9.17) is 63.6 Å². The van der Waals surface area contributed by atoms with E-state index in [0.29, 0.717) is 0 Å². The highest BCUT2D eigenvalue weighted by molar-refractivity contribution is 7.06. The quantitative estimate of drug-likeness (QED) is 0.233. The van der Waals surface area contributed by atoms with E-state index in [9.17, 15) is 0 Å². The van der Waals surface area contributed by atoms with Gasteiger partial charge in [-0.25, -0.2) is 0 Å². The SMILES string of the molecule is C=C[Si]12O[Si]3(C=C)O[Si]4(C5CO5)O[Si](C=C)(O1)O[Si]1(C5CO5)O[Si](C=C)(O2)O[Si](C2CO2)(O3)O[Si](C=C)(O4)O1. The minimum absolute atomic E-state index is 0.264. The van der Waals surface area contributed by atoms with E-state index in [1.54, 1.807) is 0 Å². The molecular weight excluding hydrogens is 657 g/mol. The molecule has 0 aromatic rings. The maximum Gasteiger partial charge on any atom is 0.512 e. The van der Waals surface area contributed by atoms with Crippen molar-refractivity contribution in [2.45, 2.75) is 17.2 Å². The van der Waals surface area contributed by atoms with E-state index in [-0.39, 0.29) is 19.8 Å². The van der Waals surface area contributed by atoms with Crippen LogP contribution in [0.15, 0.2) is 61.4 Å². The summed E-state index contributed by atoms with van der Waals surface area (Å²) < 4.78 is 98.6. The van der Waals surface area contributed by atoms with Crippen molar-refractivity contribution >= 4 is 70.4 Å². The Bertz CT molecular complexity index is 1040. The van der Waals surface area contributed by atoms with E-state index in [2.05, 4.69) is 32.9 Å². The van der Waals surface area contributed by atoms with Crippen LogP contribution in [0.3, 0.4) is 0 Å². The Morgan fingerprint density at radius 1 is 0.359 bits per heavy atom. The summed E-state index contributed by atoms with van der Waals surface area (Å²) in [6, 6.07) is 0. The summed E-state index contributed by atoms with van der Waals surface area (Å²) in [6.07, 6.45) is 0. The normalized spacial score (nSPS) is 60.1. The molecule has 9 rings (SSSR count). The predicted octanol–water partition coefficient (Wildman–Crippen LogP) is -0.795. The van der Waals surface area contributed by atoms with Gasteiger partial charge in [-0.3, -0.25) is 0 Å². The van der Waals surface area contributed by atoms with Crippen molar-refractivity contribution in [3.8, 4) is 0 Å². The van der Waals surface area contributed by atoms with Gasteiger partial charge < -0.3 is 63.6 Å². The molecule has 0 N–H and O–H groups in total. The first-order valence-corrected chi connectivity index (χ1v) is 26.5. The van der Waals surface area contributed by atoms with Crippen molar-refractivity contribution in [3.63, 3.8) is 0 Å². The molecule has 9 aliphatic heterocycles. The molecule has 0 aromatic heterocycles. The molecule has 9 heterocycles. The van der Waals surface area contributed by atoms with Gasteiger partial charge in [0.05, 0.1) is 19.8 Å². The first kappa shape index (κ1) is 26.5. The molecule has 0 amide bonds. The molecule has 9 fully saturated rings. The summed E-state index contributed by atoms with van der Waals surface area (Å²) >= 11 is 0. The Morgan fingerprint density at radius 3 is 0.718 bits per heavy atom. The number of hydrogen-bond acceptors (Lipinski definition) is 15. The summed E-state index contributed by atoms with van der Waals surface area (Å²) in [4.78, 5) is 0. The maximum absolute atomic E-state index is 6.83. The van der Waals surface area contributed by atoms with Crippen LogP contribution in [0.1, 0.15) is 0 Å².